The number of hydrogen-bond donors (Lipinski definition) is 4. The van der Waals surface area contributed by atoms with E-state index < -0.39 is 37.4 Å². The van der Waals surface area contributed by atoms with Gasteiger partial charge in [-0.05, 0) is 24.3 Å². The number of rotatable bonds is 7. The second kappa shape index (κ2) is 8.50. The molecule has 0 bridgehead atoms. The molecule has 4 heterocycles. The number of nitrogens with zero attached hydrogens (tertiary/aromatic N) is 3. The number of ether oxygens (including phenoxy) is 2. The maximum Gasteiger partial charge on any atom is 0.324 e. The minimum Gasteiger partial charge on any atom is -0.394 e. The van der Waals surface area contributed by atoms with Crippen LogP contribution in [0.4, 0.5) is 5.82 Å². The first-order valence-electron chi connectivity index (χ1n) is 9.16. The molecule has 11 nitrogen and oxygen atoms in total. The van der Waals surface area contributed by atoms with Gasteiger partial charge in [-0.2, -0.15) is 0 Å². The summed E-state index contributed by atoms with van der Waals surface area (Å²) in [5.41, 5.74) is 6.46. The van der Waals surface area contributed by atoms with Crippen molar-refractivity contribution in [2.24, 2.45) is 0 Å². The van der Waals surface area contributed by atoms with Gasteiger partial charge in [-0.1, -0.05) is 0 Å². The van der Waals surface area contributed by atoms with E-state index in [0.29, 0.717) is 36.3 Å². The van der Waals surface area contributed by atoms with Crippen LogP contribution in [-0.4, -0.2) is 73.9 Å². The van der Waals surface area contributed by atoms with Crippen LogP contribution >= 0.6 is 6.72 Å². The zero-order valence-corrected chi connectivity index (χ0v) is 17.1. The topological polar surface area (TPSA) is 154 Å². The predicted molar refractivity (Wildman–Crippen MR) is 105 cm³/mol. The second-order valence-corrected chi connectivity index (χ2v) is 9.73. The first kappa shape index (κ1) is 21.0. The fourth-order valence-corrected chi connectivity index (χ4v) is 5.01. The number of anilines is 1. The monoisotopic (exact) mass is 446 g/mol. The minimum absolute atomic E-state index is 0.0752. The smallest absolute Gasteiger partial charge is 0.324 e. The highest BCUT2D eigenvalue weighted by Crippen LogP contribution is 2.49. The number of nitrogens with two attached hydrogens (primary N) is 1. The largest absolute Gasteiger partial charge is 0.394 e. The van der Waals surface area contributed by atoms with Crippen LogP contribution < -0.4 is 5.73 Å². The Hall–Kier alpha value is -1.21. The predicted octanol–water partition coefficient (Wildman–Crippen LogP) is 0.0617. The summed E-state index contributed by atoms with van der Waals surface area (Å²) in [7, 11) is 0. The van der Waals surface area contributed by atoms with Crippen molar-refractivity contribution in [3.05, 3.63) is 18.6 Å². The van der Waals surface area contributed by atoms with Gasteiger partial charge in [-0.15, -0.1) is 0 Å². The van der Waals surface area contributed by atoms with Crippen LogP contribution in [0.2, 0.25) is 0 Å². The SMILES string of the molecule is Nc1ncnc2c1ccn2[C@H]1C[C@@H](OP(O)(=S)OC[C@H]2OCC[C@H]2O)[C@@H](CO)O1. The van der Waals surface area contributed by atoms with E-state index in [0.717, 1.165) is 0 Å². The van der Waals surface area contributed by atoms with Crippen LogP contribution in [0.3, 0.4) is 0 Å². The number of aromatic nitrogens is 3. The van der Waals surface area contributed by atoms with Crippen LogP contribution in [0.15, 0.2) is 18.6 Å². The molecule has 0 aromatic carbocycles. The van der Waals surface area contributed by atoms with Crippen LogP contribution in [0, 0.1) is 0 Å². The van der Waals surface area contributed by atoms with Gasteiger partial charge >= 0.3 is 6.72 Å². The zero-order chi connectivity index (χ0) is 20.6. The van der Waals surface area contributed by atoms with Crippen molar-refractivity contribution < 1.29 is 33.6 Å². The van der Waals surface area contributed by atoms with Crippen LogP contribution in [0.1, 0.15) is 19.1 Å². The number of hydrogen-bond acceptors (Lipinski definition) is 10. The van der Waals surface area contributed by atoms with Crippen molar-refractivity contribution >= 4 is 35.4 Å². The molecule has 1 unspecified atom stereocenters. The van der Waals surface area contributed by atoms with E-state index in [9.17, 15) is 15.1 Å². The standard InChI is InChI=1S/C16H23N4O7PS/c17-15-9-1-3-20(16(9)19-8-18-15)14-5-11(12(6-21)26-14)27-28(23,29)25-7-13-10(22)2-4-24-13/h1,3,8,10-14,21-22H,2,4-7H2,(H,23,29)(H2,17,18,19)/t10-,11-,12-,13-,14-,28?/m1/s1. The molecule has 2 aliphatic heterocycles. The Morgan fingerprint density at radius 3 is 2.93 bits per heavy atom. The fraction of sp³-hybridized carbons (Fsp3) is 0.625. The van der Waals surface area contributed by atoms with Crippen molar-refractivity contribution in [3.8, 4) is 0 Å². The van der Waals surface area contributed by atoms with E-state index in [1.165, 1.54) is 6.33 Å². The zero-order valence-electron chi connectivity index (χ0n) is 15.4. The molecule has 2 fully saturated rings. The number of aliphatic hydroxyl groups excluding tert-OH is 2. The molecule has 13 heteroatoms. The van der Waals surface area contributed by atoms with Crippen molar-refractivity contribution in [2.75, 3.05) is 25.6 Å². The van der Waals surface area contributed by atoms with Crippen molar-refractivity contribution in [2.45, 2.75) is 43.5 Å². The number of nitrogen functional groups attached to an aromatic ring is 1. The molecule has 0 radical (unpaired) electrons. The molecule has 4 rings (SSSR count). The Balaban J connectivity index is 1.43. The van der Waals surface area contributed by atoms with Gasteiger partial charge in [0.2, 0.25) is 0 Å². The van der Waals surface area contributed by atoms with Gasteiger partial charge in [0, 0.05) is 19.2 Å². The van der Waals surface area contributed by atoms with Crippen LogP contribution in [0.5, 0.6) is 0 Å². The Morgan fingerprint density at radius 1 is 1.38 bits per heavy atom. The van der Waals surface area contributed by atoms with E-state index in [4.69, 9.17) is 36.1 Å². The molecule has 0 spiro atoms. The van der Waals surface area contributed by atoms with Crippen LogP contribution in [0.25, 0.3) is 11.0 Å². The highest BCUT2D eigenvalue weighted by molar-refractivity contribution is 8.07. The quantitative estimate of drug-likeness (QED) is 0.427. The van der Waals surface area contributed by atoms with Crippen LogP contribution in [-0.2, 0) is 30.3 Å². The Labute approximate surface area is 171 Å². The average molecular weight is 446 g/mol. The molecule has 2 aliphatic rings. The summed E-state index contributed by atoms with van der Waals surface area (Å²) >= 11 is 5.09. The third-order valence-electron chi connectivity index (χ3n) is 5.06. The molecular formula is C16H23N4O7PS. The molecular weight excluding hydrogens is 423 g/mol. The van der Waals surface area contributed by atoms with Crippen molar-refractivity contribution in [3.63, 3.8) is 0 Å². The number of fused-ring (bicyclic) bond motifs is 1. The molecule has 0 saturated carbocycles. The Kier molecular flexibility index (Phi) is 6.17. The maximum atomic E-state index is 10.4. The third-order valence-corrected chi connectivity index (χ3v) is 6.64. The average Bonchev–Trinajstić information content (AvgIpc) is 3.38. The third kappa shape index (κ3) is 4.46. The summed E-state index contributed by atoms with van der Waals surface area (Å²) in [5.74, 6) is 0.355. The highest BCUT2D eigenvalue weighted by Gasteiger charge is 2.40. The first-order chi connectivity index (χ1) is 13.9. The Bertz CT molecular complexity index is 915. The van der Waals surface area contributed by atoms with Gasteiger partial charge in [0.05, 0.1) is 30.8 Å². The summed E-state index contributed by atoms with van der Waals surface area (Å²) in [4.78, 5) is 18.6. The lowest BCUT2D eigenvalue weighted by atomic mass is 10.2. The lowest BCUT2D eigenvalue weighted by molar-refractivity contribution is -0.0432. The fourth-order valence-electron chi connectivity index (χ4n) is 3.53. The summed E-state index contributed by atoms with van der Waals surface area (Å²) in [6, 6.07) is 1.78. The lowest BCUT2D eigenvalue weighted by Gasteiger charge is -2.24. The molecule has 0 amide bonds. The summed E-state index contributed by atoms with van der Waals surface area (Å²) in [6.45, 7) is -3.61. The van der Waals surface area contributed by atoms with Crippen molar-refractivity contribution in [1.82, 2.24) is 14.5 Å². The summed E-state index contributed by atoms with van der Waals surface area (Å²) in [5, 5.41) is 20.1. The molecule has 29 heavy (non-hydrogen) atoms. The normalized spacial score (nSPS) is 32.0. The molecule has 6 atom stereocenters. The first-order valence-corrected chi connectivity index (χ1v) is 11.8. The highest BCUT2D eigenvalue weighted by atomic mass is 32.5. The second-order valence-electron chi connectivity index (χ2n) is 6.94. The Morgan fingerprint density at radius 2 is 2.21 bits per heavy atom. The van der Waals surface area contributed by atoms with E-state index in [-0.39, 0.29) is 13.2 Å². The number of aliphatic hydroxyl groups is 2. The van der Waals surface area contributed by atoms with Gasteiger partial charge in [-0.25, -0.2) is 9.97 Å². The maximum absolute atomic E-state index is 10.4. The van der Waals surface area contributed by atoms with Gasteiger partial charge in [0.15, 0.2) is 0 Å². The molecule has 2 aromatic rings. The molecule has 5 N–H and O–H groups in total. The summed E-state index contributed by atoms with van der Waals surface area (Å²) < 4.78 is 24.0. The minimum atomic E-state index is -3.63. The lowest BCUT2D eigenvalue weighted by Crippen LogP contribution is -2.29. The molecule has 2 aromatic heterocycles. The summed E-state index contributed by atoms with van der Waals surface area (Å²) in [6.07, 6.45) is 0.838. The van der Waals surface area contributed by atoms with Gasteiger partial charge in [0.25, 0.3) is 0 Å². The van der Waals surface area contributed by atoms with E-state index in [1.54, 1.807) is 16.8 Å². The molecule has 0 aliphatic carbocycles. The van der Waals surface area contributed by atoms with Crippen molar-refractivity contribution in [1.29, 1.82) is 0 Å². The molecule has 160 valence electrons. The van der Waals surface area contributed by atoms with E-state index in [2.05, 4.69) is 9.97 Å². The van der Waals surface area contributed by atoms with Gasteiger partial charge < -0.3 is 43.9 Å². The van der Waals surface area contributed by atoms with E-state index in [1.807, 2.05) is 0 Å². The van der Waals surface area contributed by atoms with Gasteiger partial charge in [0.1, 0.15) is 36.2 Å². The van der Waals surface area contributed by atoms with E-state index >= 15 is 0 Å². The van der Waals surface area contributed by atoms with Gasteiger partial charge in [-0.3, -0.25) is 0 Å². The molecule has 2 saturated heterocycles.